The maximum atomic E-state index is 10.6. The van der Waals surface area contributed by atoms with E-state index in [4.69, 9.17) is 9.84 Å². The van der Waals surface area contributed by atoms with Crippen LogP contribution in [0, 0.1) is 5.41 Å². The Hall–Kier alpha value is -0.570. The van der Waals surface area contributed by atoms with Crippen LogP contribution in [0.1, 0.15) is 27.7 Å². The third kappa shape index (κ3) is 3.37. The molecular formula is C8H16O3. The minimum Gasteiger partial charge on any atom is -0.479 e. The quantitative estimate of drug-likeness (QED) is 0.681. The summed E-state index contributed by atoms with van der Waals surface area (Å²) in [6, 6.07) is 0. The van der Waals surface area contributed by atoms with Crippen LogP contribution in [0.25, 0.3) is 0 Å². The van der Waals surface area contributed by atoms with E-state index in [9.17, 15) is 4.79 Å². The average molecular weight is 160 g/mol. The zero-order chi connectivity index (χ0) is 9.07. The van der Waals surface area contributed by atoms with Gasteiger partial charge in [-0.15, -0.1) is 0 Å². The van der Waals surface area contributed by atoms with Crippen LogP contribution in [0.5, 0.6) is 0 Å². The number of hydrogen-bond donors (Lipinski definition) is 1. The second-order valence-corrected chi connectivity index (χ2v) is 3.54. The molecule has 3 nitrogen and oxygen atoms in total. The van der Waals surface area contributed by atoms with Gasteiger partial charge >= 0.3 is 5.97 Å². The molecule has 0 rings (SSSR count). The van der Waals surface area contributed by atoms with Gasteiger partial charge in [0.15, 0.2) is 6.10 Å². The first kappa shape index (κ1) is 10.4. The van der Waals surface area contributed by atoms with Gasteiger partial charge in [0.2, 0.25) is 0 Å². The Morgan fingerprint density at radius 3 is 2.09 bits per heavy atom. The van der Waals surface area contributed by atoms with E-state index in [1.54, 1.807) is 6.92 Å². The monoisotopic (exact) mass is 160 g/mol. The van der Waals surface area contributed by atoms with Crippen molar-refractivity contribution < 1.29 is 14.6 Å². The Labute approximate surface area is 67.4 Å². The number of carboxylic acid groups (broad SMARTS) is 1. The minimum atomic E-state index is -0.889. The molecule has 1 unspecified atom stereocenters. The van der Waals surface area contributed by atoms with Crippen LogP contribution in [0.2, 0.25) is 0 Å². The molecule has 1 atom stereocenters. The summed E-state index contributed by atoms with van der Waals surface area (Å²) in [5, 5.41) is 8.71. The predicted molar refractivity (Wildman–Crippen MR) is 42.5 cm³/mol. The van der Waals surface area contributed by atoms with E-state index in [-0.39, 0.29) is 5.41 Å². The lowest BCUT2D eigenvalue weighted by Gasteiger charge is -2.26. The second kappa shape index (κ2) is 3.72. The summed E-state index contributed by atoms with van der Waals surface area (Å²) >= 11 is 0. The van der Waals surface area contributed by atoms with Crippen molar-refractivity contribution in [2.45, 2.75) is 33.8 Å². The number of carbonyl (C=O) groups is 1. The van der Waals surface area contributed by atoms with E-state index >= 15 is 0 Å². The van der Waals surface area contributed by atoms with Gasteiger partial charge in [-0.3, -0.25) is 0 Å². The van der Waals surface area contributed by atoms with E-state index in [0.29, 0.717) is 6.61 Å². The molecule has 66 valence electrons. The average Bonchev–Trinajstić information content (AvgIpc) is 1.79. The number of rotatable bonds is 3. The molecule has 1 N–H and O–H groups in total. The van der Waals surface area contributed by atoms with Crippen molar-refractivity contribution in [3.8, 4) is 0 Å². The van der Waals surface area contributed by atoms with Gasteiger partial charge in [-0.25, -0.2) is 4.79 Å². The lowest BCUT2D eigenvalue weighted by molar-refractivity contribution is -0.157. The van der Waals surface area contributed by atoms with Crippen molar-refractivity contribution in [3.05, 3.63) is 0 Å². The molecule has 0 heterocycles. The van der Waals surface area contributed by atoms with Crippen molar-refractivity contribution in [2.75, 3.05) is 6.61 Å². The highest BCUT2D eigenvalue weighted by Gasteiger charge is 2.31. The maximum Gasteiger partial charge on any atom is 0.333 e. The molecule has 0 aliphatic rings. The molecule has 0 aromatic rings. The summed E-state index contributed by atoms with van der Waals surface area (Å²) in [4.78, 5) is 10.6. The van der Waals surface area contributed by atoms with E-state index in [2.05, 4.69) is 0 Å². The molecule has 0 spiro atoms. The standard InChI is InChI=1S/C8H16O3/c1-5-11-6(7(9)10)8(2,3)4/h6H,5H2,1-4H3,(H,9,10). The summed E-state index contributed by atoms with van der Waals surface area (Å²) in [6.07, 6.45) is -0.701. The molecule has 0 aromatic carbocycles. The van der Waals surface area contributed by atoms with Crippen molar-refractivity contribution in [2.24, 2.45) is 5.41 Å². The predicted octanol–water partition coefficient (Wildman–Crippen LogP) is 1.52. The molecule has 0 aliphatic carbocycles. The van der Waals surface area contributed by atoms with Gasteiger partial charge in [0.1, 0.15) is 0 Å². The van der Waals surface area contributed by atoms with Crippen LogP contribution in [-0.4, -0.2) is 23.8 Å². The minimum absolute atomic E-state index is 0.332. The SMILES string of the molecule is CCOC(C(=O)O)C(C)(C)C. The Morgan fingerprint density at radius 1 is 1.55 bits per heavy atom. The van der Waals surface area contributed by atoms with Crippen LogP contribution in [0.4, 0.5) is 0 Å². The summed E-state index contributed by atoms with van der Waals surface area (Å²) in [6.45, 7) is 7.78. The van der Waals surface area contributed by atoms with Gasteiger partial charge < -0.3 is 9.84 Å². The fourth-order valence-electron chi connectivity index (χ4n) is 0.858. The van der Waals surface area contributed by atoms with Crippen LogP contribution >= 0.6 is 0 Å². The van der Waals surface area contributed by atoms with Crippen LogP contribution in [0.15, 0.2) is 0 Å². The fourth-order valence-corrected chi connectivity index (χ4v) is 0.858. The van der Waals surface area contributed by atoms with Crippen molar-refractivity contribution in [3.63, 3.8) is 0 Å². The Morgan fingerprint density at radius 2 is 2.00 bits per heavy atom. The first-order chi connectivity index (χ1) is 4.89. The normalized spacial score (nSPS) is 14.5. The van der Waals surface area contributed by atoms with Crippen LogP contribution < -0.4 is 0 Å². The first-order valence-corrected chi connectivity index (χ1v) is 3.74. The van der Waals surface area contributed by atoms with E-state index < -0.39 is 12.1 Å². The lowest BCUT2D eigenvalue weighted by atomic mass is 9.89. The molecule has 0 amide bonds. The maximum absolute atomic E-state index is 10.6. The van der Waals surface area contributed by atoms with Gasteiger partial charge in [0, 0.05) is 6.61 Å². The van der Waals surface area contributed by atoms with Gasteiger partial charge in [-0.1, -0.05) is 20.8 Å². The summed E-state index contributed by atoms with van der Waals surface area (Å²) < 4.78 is 5.07. The second-order valence-electron chi connectivity index (χ2n) is 3.54. The number of hydrogen-bond acceptors (Lipinski definition) is 2. The van der Waals surface area contributed by atoms with Crippen molar-refractivity contribution >= 4 is 5.97 Å². The van der Waals surface area contributed by atoms with Crippen LogP contribution in [0.3, 0.4) is 0 Å². The molecule has 3 heteroatoms. The topological polar surface area (TPSA) is 46.5 Å². The first-order valence-electron chi connectivity index (χ1n) is 3.74. The highest BCUT2D eigenvalue weighted by atomic mass is 16.5. The molecule has 0 saturated heterocycles. The highest BCUT2D eigenvalue weighted by molar-refractivity contribution is 5.73. The summed E-state index contributed by atoms with van der Waals surface area (Å²) in [5.41, 5.74) is -0.332. The number of aliphatic carboxylic acids is 1. The summed E-state index contributed by atoms with van der Waals surface area (Å²) in [5.74, 6) is -0.889. The Kier molecular flexibility index (Phi) is 3.52. The molecule has 0 aliphatic heterocycles. The van der Waals surface area contributed by atoms with E-state index in [0.717, 1.165) is 0 Å². The third-order valence-corrected chi connectivity index (χ3v) is 1.34. The number of ether oxygens (including phenoxy) is 1. The molecule has 0 saturated carbocycles. The highest BCUT2D eigenvalue weighted by Crippen LogP contribution is 2.22. The Balaban J connectivity index is 4.22. The molecule has 11 heavy (non-hydrogen) atoms. The van der Waals surface area contributed by atoms with Crippen LogP contribution in [-0.2, 0) is 9.53 Å². The smallest absolute Gasteiger partial charge is 0.333 e. The fraction of sp³-hybridized carbons (Fsp3) is 0.875. The van der Waals surface area contributed by atoms with Gasteiger partial charge in [0.25, 0.3) is 0 Å². The lowest BCUT2D eigenvalue weighted by Crippen LogP contribution is -2.36. The van der Waals surface area contributed by atoms with Gasteiger partial charge in [-0.05, 0) is 12.3 Å². The Bertz CT molecular complexity index is 135. The molecule has 0 fully saturated rings. The molecule has 0 bridgehead atoms. The molecule has 0 radical (unpaired) electrons. The van der Waals surface area contributed by atoms with Crippen molar-refractivity contribution in [1.29, 1.82) is 0 Å². The van der Waals surface area contributed by atoms with E-state index in [1.165, 1.54) is 0 Å². The molecule has 0 aromatic heterocycles. The number of carboxylic acids is 1. The van der Waals surface area contributed by atoms with Gasteiger partial charge in [0.05, 0.1) is 0 Å². The van der Waals surface area contributed by atoms with Crippen molar-refractivity contribution in [1.82, 2.24) is 0 Å². The third-order valence-electron chi connectivity index (χ3n) is 1.34. The molecular weight excluding hydrogens is 144 g/mol. The van der Waals surface area contributed by atoms with E-state index in [1.807, 2.05) is 20.8 Å². The largest absolute Gasteiger partial charge is 0.479 e. The zero-order valence-corrected chi connectivity index (χ0v) is 7.55. The summed E-state index contributed by atoms with van der Waals surface area (Å²) in [7, 11) is 0. The zero-order valence-electron chi connectivity index (χ0n) is 7.55. The van der Waals surface area contributed by atoms with Gasteiger partial charge in [-0.2, -0.15) is 0 Å².